The molecule has 4 rings (SSSR count). The SMILES string of the molecule is CC(C)CN1C(=O)C2CCCCC2N(Cc2nc(-c3cccc(C(F)(F)F)c3)no2)C1=O. The van der Waals surface area contributed by atoms with Gasteiger partial charge in [0.05, 0.1) is 11.5 Å². The Kier molecular flexibility index (Phi) is 5.96. The number of halogens is 3. The van der Waals surface area contributed by atoms with E-state index in [-0.39, 0.29) is 53.6 Å². The van der Waals surface area contributed by atoms with Crippen LogP contribution in [0.15, 0.2) is 28.8 Å². The third kappa shape index (κ3) is 4.35. The summed E-state index contributed by atoms with van der Waals surface area (Å²) in [5.74, 6) is -0.119. The summed E-state index contributed by atoms with van der Waals surface area (Å²) in [6.45, 7) is 4.22. The maximum absolute atomic E-state index is 13.2. The van der Waals surface area contributed by atoms with Gasteiger partial charge >= 0.3 is 12.2 Å². The van der Waals surface area contributed by atoms with Crippen molar-refractivity contribution in [2.24, 2.45) is 11.8 Å². The second-order valence-corrected chi connectivity index (χ2v) is 8.80. The van der Waals surface area contributed by atoms with Gasteiger partial charge in [-0.2, -0.15) is 18.2 Å². The fourth-order valence-corrected chi connectivity index (χ4v) is 4.50. The number of hydrogen-bond acceptors (Lipinski definition) is 5. The van der Waals surface area contributed by atoms with Crippen molar-refractivity contribution in [2.75, 3.05) is 6.54 Å². The average Bonchev–Trinajstić information content (AvgIpc) is 3.22. The molecule has 172 valence electrons. The number of rotatable bonds is 5. The maximum Gasteiger partial charge on any atom is 0.416 e. The lowest BCUT2D eigenvalue weighted by molar-refractivity contribution is -0.141. The maximum atomic E-state index is 13.2. The van der Waals surface area contributed by atoms with E-state index in [2.05, 4.69) is 10.1 Å². The molecule has 10 heteroatoms. The molecule has 2 fully saturated rings. The molecule has 1 aromatic heterocycles. The van der Waals surface area contributed by atoms with Crippen LogP contribution < -0.4 is 0 Å². The Morgan fingerprint density at radius 3 is 2.66 bits per heavy atom. The predicted molar refractivity (Wildman–Crippen MR) is 108 cm³/mol. The lowest BCUT2D eigenvalue weighted by Gasteiger charge is -2.46. The molecule has 1 aromatic carbocycles. The second kappa shape index (κ2) is 8.55. The van der Waals surface area contributed by atoms with Crippen molar-refractivity contribution in [3.8, 4) is 11.4 Å². The molecular formula is C22H25F3N4O3. The van der Waals surface area contributed by atoms with Gasteiger partial charge in [-0.05, 0) is 30.9 Å². The molecule has 2 atom stereocenters. The molecule has 1 saturated heterocycles. The van der Waals surface area contributed by atoms with E-state index in [0.29, 0.717) is 13.0 Å². The third-order valence-electron chi connectivity index (χ3n) is 5.96. The topological polar surface area (TPSA) is 79.5 Å². The molecular weight excluding hydrogens is 425 g/mol. The normalized spacial score (nSPS) is 21.9. The van der Waals surface area contributed by atoms with Crippen LogP contribution >= 0.6 is 0 Å². The zero-order valence-corrected chi connectivity index (χ0v) is 17.9. The molecule has 2 unspecified atom stereocenters. The Bertz CT molecular complexity index is 1000. The highest BCUT2D eigenvalue weighted by Crippen LogP contribution is 2.36. The van der Waals surface area contributed by atoms with E-state index in [0.717, 1.165) is 31.4 Å². The lowest BCUT2D eigenvalue weighted by Crippen LogP contribution is -2.62. The van der Waals surface area contributed by atoms with E-state index in [4.69, 9.17) is 4.52 Å². The standard InChI is InChI=1S/C22H25F3N4O3/c1-13(2)11-29-20(30)16-8-3-4-9-17(16)28(21(29)31)12-18-26-19(27-32-18)14-6-5-7-15(10-14)22(23,24)25/h5-7,10,13,16-17H,3-4,8-9,11-12H2,1-2H3. The van der Waals surface area contributed by atoms with Gasteiger partial charge in [-0.3, -0.25) is 9.69 Å². The number of benzene rings is 1. The van der Waals surface area contributed by atoms with Gasteiger partial charge in [-0.15, -0.1) is 0 Å². The molecule has 2 heterocycles. The predicted octanol–water partition coefficient (Wildman–Crippen LogP) is 4.73. The highest BCUT2D eigenvalue weighted by Gasteiger charge is 2.47. The molecule has 2 aromatic rings. The zero-order chi connectivity index (χ0) is 23.0. The minimum Gasteiger partial charge on any atom is -0.337 e. The Morgan fingerprint density at radius 1 is 1.19 bits per heavy atom. The summed E-state index contributed by atoms with van der Waals surface area (Å²) in [6, 6.07) is 4.06. The number of aromatic nitrogens is 2. The average molecular weight is 450 g/mol. The van der Waals surface area contributed by atoms with Gasteiger partial charge in [0.25, 0.3) is 0 Å². The molecule has 7 nitrogen and oxygen atoms in total. The molecule has 0 bridgehead atoms. The third-order valence-corrected chi connectivity index (χ3v) is 5.96. The Morgan fingerprint density at radius 2 is 1.94 bits per heavy atom. The van der Waals surface area contributed by atoms with Crippen molar-refractivity contribution < 1.29 is 27.3 Å². The van der Waals surface area contributed by atoms with Crippen LogP contribution in [-0.2, 0) is 17.5 Å². The van der Waals surface area contributed by atoms with Gasteiger partial charge in [0.1, 0.15) is 6.54 Å². The molecule has 1 aliphatic heterocycles. The molecule has 3 amide bonds. The van der Waals surface area contributed by atoms with Crippen molar-refractivity contribution in [3.05, 3.63) is 35.7 Å². The van der Waals surface area contributed by atoms with Crippen LogP contribution in [0.5, 0.6) is 0 Å². The number of fused-ring (bicyclic) bond motifs is 1. The summed E-state index contributed by atoms with van der Waals surface area (Å²) in [6.07, 6.45) is -1.19. The number of nitrogens with zero attached hydrogens (tertiary/aromatic N) is 4. The van der Waals surface area contributed by atoms with Crippen molar-refractivity contribution in [1.82, 2.24) is 19.9 Å². The number of carbonyl (C=O) groups is 2. The van der Waals surface area contributed by atoms with Crippen molar-refractivity contribution in [2.45, 2.75) is 58.3 Å². The van der Waals surface area contributed by atoms with Gasteiger partial charge in [-0.1, -0.05) is 44.0 Å². The Labute approximate surface area is 183 Å². The number of hydrogen-bond donors (Lipinski definition) is 0. The van der Waals surface area contributed by atoms with E-state index < -0.39 is 11.7 Å². The number of alkyl halides is 3. The molecule has 1 saturated carbocycles. The van der Waals surface area contributed by atoms with Gasteiger partial charge in [0.15, 0.2) is 0 Å². The van der Waals surface area contributed by atoms with Crippen molar-refractivity contribution >= 4 is 11.9 Å². The van der Waals surface area contributed by atoms with Gasteiger partial charge in [-0.25, -0.2) is 4.79 Å². The number of carbonyl (C=O) groups excluding carboxylic acids is 2. The smallest absolute Gasteiger partial charge is 0.337 e. The molecule has 0 spiro atoms. The molecule has 32 heavy (non-hydrogen) atoms. The fraction of sp³-hybridized carbons (Fsp3) is 0.545. The van der Waals surface area contributed by atoms with E-state index in [1.807, 2.05) is 13.8 Å². The van der Waals surface area contributed by atoms with Gasteiger partial charge < -0.3 is 9.42 Å². The first-order valence-electron chi connectivity index (χ1n) is 10.8. The highest BCUT2D eigenvalue weighted by atomic mass is 19.4. The first kappa shape index (κ1) is 22.3. The van der Waals surface area contributed by atoms with Crippen LogP contribution in [0.3, 0.4) is 0 Å². The van der Waals surface area contributed by atoms with Crippen LogP contribution in [0.25, 0.3) is 11.4 Å². The molecule has 2 aliphatic rings. The first-order chi connectivity index (χ1) is 15.1. The Hall–Kier alpha value is -2.91. The van der Waals surface area contributed by atoms with E-state index in [9.17, 15) is 22.8 Å². The van der Waals surface area contributed by atoms with E-state index in [1.165, 1.54) is 17.0 Å². The second-order valence-electron chi connectivity index (χ2n) is 8.80. The minimum absolute atomic E-state index is 0.00777. The monoisotopic (exact) mass is 450 g/mol. The van der Waals surface area contributed by atoms with Crippen LogP contribution in [0.2, 0.25) is 0 Å². The van der Waals surface area contributed by atoms with Crippen molar-refractivity contribution in [3.63, 3.8) is 0 Å². The number of urea groups is 1. The van der Waals surface area contributed by atoms with Crippen LogP contribution in [0.4, 0.5) is 18.0 Å². The fourth-order valence-electron chi connectivity index (χ4n) is 4.50. The van der Waals surface area contributed by atoms with E-state index in [1.54, 1.807) is 4.90 Å². The van der Waals surface area contributed by atoms with Crippen LogP contribution in [0, 0.1) is 11.8 Å². The number of amides is 3. The summed E-state index contributed by atoms with van der Waals surface area (Å²) in [5, 5.41) is 3.81. The summed E-state index contributed by atoms with van der Waals surface area (Å²) in [4.78, 5) is 33.3. The summed E-state index contributed by atoms with van der Waals surface area (Å²) >= 11 is 0. The first-order valence-corrected chi connectivity index (χ1v) is 10.8. The largest absolute Gasteiger partial charge is 0.416 e. The summed E-state index contributed by atoms with van der Waals surface area (Å²) < 4.78 is 44.3. The quantitative estimate of drug-likeness (QED) is 0.658. The van der Waals surface area contributed by atoms with Crippen LogP contribution in [0.1, 0.15) is 51.0 Å². The minimum atomic E-state index is -4.48. The molecule has 0 radical (unpaired) electrons. The van der Waals surface area contributed by atoms with Gasteiger partial charge in [0, 0.05) is 18.2 Å². The lowest BCUT2D eigenvalue weighted by atomic mass is 9.81. The summed E-state index contributed by atoms with van der Waals surface area (Å²) in [7, 11) is 0. The Balaban J connectivity index is 1.58. The summed E-state index contributed by atoms with van der Waals surface area (Å²) in [5.41, 5.74) is -0.632. The van der Waals surface area contributed by atoms with Crippen molar-refractivity contribution in [1.29, 1.82) is 0 Å². The van der Waals surface area contributed by atoms with Gasteiger partial charge in [0.2, 0.25) is 17.6 Å². The zero-order valence-electron chi connectivity index (χ0n) is 17.9. The molecule has 0 N–H and O–H groups in total. The molecule has 1 aliphatic carbocycles. The van der Waals surface area contributed by atoms with E-state index >= 15 is 0 Å². The number of imide groups is 1. The van der Waals surface area contributed by atoms with Crippen LogP contribution in [-0.4, -0.2) is 44.5 Å². The highest BCUT2D eigenvalue weighted by molar-refractivity contribution is 5.98.